The molecule has 26 heavy (non-hydrogen) atoms. The molecule has 0 aliphatic rings. The SMILES string of the molecule is Cc1[nH]c2ccccc2c1SCCNC(=O)c1ccccc1C(F)(F)F. The molecule has 1 heterocycles. The highest BCUT2D eigenvalue weighted by Crippen LogP contribution is 2.32. The Kier molecular flexibility index (Phi) is 5.27. The molecule has 0 saturated carbocycles. The zero-order valence-electron chi connectivity index (χ0n) is 14.0. The van der Waals surface area contributed by atoms with E-state index in [1.807, 2.05) is 31.2 Å². The van der Waals surface area contributed by atoms with Crippen LogP contribution in [0.2, 0.25) is 0 Å². The first-order valence-corrected chi connectivity index (χ1v) is 9.01. The van der Waals surface area contributed by atoms with Crippen molar-refractivity contribution in [3.05, 3.63) is 65.4 Å². The third-order valence-electron chi connectivity index (χ3n) is 3.95. The number of halogens is 3. The van der Waals surface area contributed by atoms with E-state index in [0.717, 1.165) is 27.6 Å². The molecule has 3 aromatic rings. The highest BCUT2D eigenvalue weighted by atomic mass is 32.2. The first-order chi connectivity index (χ1) is 12.4. The van der Waals surface area contributed by atoms with Gasteiger partial charge in [0, 0.05) is 33.8 Å². The van der Waals surface area contributed by atoms with Crippen molar-refractivity contribution in [1.29, 1.82) is 0 Å². The number of hydrogen-bond donors (Lipinski definition) is 2. The number of benzene rings is 2. The van der Waals surface area contributed by atoms with Gasteiger partial charge < -0.3 is 10.3 Å². The van der Waals surface area contributed by atoms with Crippen LogP contribution in [0.1, 0.15) is 21.6 Å². The van der Waals surface area contributed by atoms with Gasteiger partial charge in [0.15, 0.2) is 0 Å². The second kappa shape index (κ2) is 7.45. The number of aromatic amines is 1. The monoisotopic (exact) mass is 378 g/mol. The maximum Gasteiger partial charge on any atom is 0.417 e. The molecule has 3 nitrogen and oxygen atoms in total. The van der Waals surface area contributed by atoms with Crippen molar-refractivity contribution in [2.45, 2.75) is 18.0 Å². The number of carbonyl (C=O) groups is 1. The molecule has 0 unspecified atom stereocenters. The fourth-order valence-electron chi connectivity index (χ4n) is 2.78. The average molecular weight is 378 g/mol. The molecule has 1 amide bonds. The van der Waals surface area contributed by atoms with Gasteiger partial charge in [0.25, 0.3) is 5.91 Å². The van der Waals surface area contributed by atoms with E-state index in [9.17, 15) is 18.0 Å². The van der Waals surface area contributed by atoms with Gasteiger partial charge >= 0.3 is 6.18 Å². The summed E-state index contributed by atoms with van der Waals surface area (Å²) in [5.74, 6) is -0.156. The van der Waals surface area contributed by atoms with Crippen LogP contribution in [-0.4, -0.2) is 23.2 Å². The summed E-state index contributed by atoms with van der Waals surface area (Å²) in [7, 11) is 0. The Morgan fingerprint density at radius 2 is 1.81 bits per heavy atom. The van der Waals surface area contributed by atoms with Crippen molar-refractivity contribution in [3.8, 4) is 0 Å². The Balaban J connectivity index is 1.62. The summed E-state index contributed by atoms with van der Waals surface area (Å²) in [6, 6.07) is 12.7. The first kappa shape index (κ1) is 18.4. The molecule has 0 radical (unpaired) electrons. The van der Waals surface area contributed by atoms with Crippen molar-refractivity contribution < 1.29 is 18.0 Å². The lowest BCUT2D eigenvalue weighted by Gasteiger charge is -2.12. The maximum atomic E-state index is 13.0. The summed E-state index contributed by atoms with van der Waals surface area (Å²) in [6.45, 7) is 2.25. The molecule has 0 aliphatic carbocycles. The Labute approximate surface area is 153 Å². The van der Waals surface area contributed by atoms with Crippen molar-refractivity contribution in [2.24, 2.45) is 0 Å². The van der Waals surface area contributed by atoms with Crippen molar-refractivity contribution >= 4 is 28.6 Å². The van der Waals surface area contributed by atoms with Gasteiger partial charge in [-0.25, -0.2) is 0 Å². The summed E-state index contributed by atoms with van der Waals surface area (Å²) in [5, 5.41) is 3.67. The van der Waals surface area contributed by atoms with Gasteiger partial charge in [0.2, 0.25) is 0 Å². The number of fused-ring (bicyclic) bond motifs is 1. The van der Waals surface area contributed by atoms with E-state index in [1.54, 1.807) is 11.8 Å². The summed E-state index contributed by atoms with van der Waals surface area (Å²) >= 11 is 1.56. The van der Waals surface area contributed by atoms with Crippen LogP contribution in [0.3, 0.4) is 0 Å². The van der Waals surface area contributed by atoms with Crippen LogP contribution in [-0.2, 0) is 6.18 Å². The molecular weight excluding hydrogens is 361 g/mol. The molecule has 0 saturated heterocycles. The summed E-state index contributed by atoms with van der Waals surface area (Å²) in [5.41, 5.74) is 0.798. The molecule has 0 atom stereocenters. The number of H-pyrrole nitrogens is 1. The Bertz CT molecular complexity index is 934. The van der Waals surface area contributed by atoms with Gasteiger partial charge in [-0.15, -0.1) is 11.8 Å². The number of alkyl halides is 3. The number of aryl methyl sites for hydroxylation is 1. The quantitative estimate of drug-likeness (QED) is 0.484. The molecule has 0 bridgehead atoms. The molecule has 0 fully saturated rings. The lowest BCUT2D eigenvalue weighted by Crippen LogP contribution is -2.28. The van der Waals surface area contributed by atoms with Gasteiger partial charge in [-0.05, 0) is 25.1 Å². The normalized spacial score (nSPS) is 11.7. The summed E-state index contributed by atoms with van der Waals surface area (Å²) < 4.78 is 39.0. The van der Waals surface area contributed by atoms with Gasteiger partial charge in [-0.1, -0.05) is 30.3 Å². The van der Waals surface area contributed by atoms with E-state index in [0.29, 0.717) is 5.75 Å². The second-order valence-electron chi connectivity index (χ2n) is 5.77. The molecule has 7 heteroatoms. The molecule has 2 N–H and O–H groups in total. The standard InChI is InChI=1S/C19H17F3N2OS/c1-12-17(14-7-3-5-9-16(14)24-12)26-11-10-23-18(25)13-6-2-4-8-15(13)19(20,21)22/h2-9,24H,10-11H2,1H3,(H,23,25). The summed E-state index contributed by atoms with van der Waals surface area (Å²) in [4.78, 5) is 16.5. The highest BCUT2D eigenvalue weighted by molar-refractivity contribution is 7.99. The largest absolute Gasteiger partial charge is 0.417 e. The number of rotatable bonds is 5. The molecule has 136 valence electrons. The Hall–Kier alpha value is -2.41. The van der Waals surface area contributed by atoms with Gasteiger partial charge in [-0.3, -0.25) is 4.79 Å². The number of amides is 1. The predicted molar refractivity (Wildman–Crippen MR) is 97.5 cm³/mol. The van der Waals surface area contributed by atoms with Crippen LogP contribution in [0.4, 0.5) is 13.2 Å². The maximum absolute atomic E-state index is 13.0. The minimum atomic E-state index is -4.55. The van der Waals surface area contributed by atoms with Crippen LogP contribution in [0.15, 0.2) is 53.4 Å². The van der Waals surface area contributed by atoms with Crippen molar-refractivity contribution in [3.63, 3.8) is 0 Å². The number of para-hydroxylation sites is 1. The lowest BCUT2D eigenvalue weighted by molar-refractivity contribution is -0.137. The topological polar surface area (TPSA) is 44.9 Å². The van der Waals surface area contributed by atoms with Crippen LogP contribution >= 0.6 is 11.8 Å². The van der Waals surface area contributed by atoms with Gasteiger partial charge in [0.05, 0.1) is 11.1 Å². The van der Waals surface area contributed by atoms with E-state index in [-0.39, 0.29) is 12.1 Å². The summed E-state index contributed by atoms with van der Waals surface area (Å²) in [6.07, 6.45) is -4.55. The fourth-order valence-corrected chi connectivity index (χ4v) is 3.79. The van der Waals surface area contributed by atoms with Gasteiger partial charge in [0.1, 0.15) is 0 Å². The zero-order valence-corrected chi connectivity index (χ0v) is 14.8. The number of aromatic nitrogens is 1. The first-order valence-electron chi connectivity index (χ1n) is 8.02. The average Bonchev–Trinajstić information content (AvgIpc) is 2.93. The van der Waals surface area contributed by atoms with Crippen LogP contribution in [0, 0.1) is 6.92 Å². The number of carbonyl (C=O) groups excluding carboxylic acids is 1. The molecule has 2 aromatic carbocycles. The second-order valence-corrected chi connectivity index (χ2v) is 6.88. The fraction of sp³-hybridized carbons (Fsp3) is 0.211. The van der Waals surface area contributed by atoms with Crippen LogP contribution in [0.5, 0.6) is 0 Å². The van der Waals surface area contributed by atoms with Crippen LogP contribution in [0.25, 0.3) is 10.9 Å². The Morgan fingerprint density at radius 3 is 2.58 bits per heavy atom. The third kappa shape index (κ3) is 3.88. The lowest BCUT2D eigenvalue weighted by atomic mass is 10.1. The number of nitrogens with one attached hydrogen (secondary N) is 2. The van der Waals surface area contributed by atoms with Gasteiger partial charge in [-0.2, -0.15) is 13.2 Å². The number of hydrogen-bond acceptors (Lipinski definition) is 2. The zero-order chi connectivity index (χ0) is 18.7. The minimum absolute atomic E-state index is 0.272. The molecule has 0 spiro atoms. The van der Waals surface area contributed by atoms with E-state index in [2.05, 4.69) is 10.3 Å². The van der Waals surface area contributed by atoms with Crippen LogP contribution < -0.4 is 5.32 Å². The van der Waals surface area contributed by atoms with E-state index >= 15 is 0 Å². The van der Waals surface area contributed by atoms with Crippen molar-refractivity contribution in [1.82, 2.24) is 10.3 Å². The van der Waals surface area contributed by atoms with E-state index in [1.165, 1.54) is 18.2 Å². The third-order valence-corrected chi connectivity index (χ3v) is 5.17. The number of thioether (sulfide) groups is 1. The molecule has 1 aromatic heterocycles. The predicted octanol–water partition coefficient (Wildman–Crippen LogP) is 5.02. The smallest absolute Gasteiger partial charge is 0.358 e. The Morgan fingerprint density at radius 1 is 1.12 bits per heavy atom. The molecule has 0 aliphatic heterocycles. The molecule has 3 rings (SSSR count). The molecular formula is C19H17F3N2OS. The highest BCUT2D eigenvalue weighted by Gasteiger charge is 2.34. The van der Waals surface area contributed by atoms with Crippen molar-refractivity contribution in [2.75, 3.05) is 12.3 Å². The van der Waals surface area contributed by atoms with E-state index < -0.39 is 17.6 Å². The minimum Gasteiger partial charge on any atom is -0.358 e. The van der Waals surface area contributed by atoms with E-state index in [4.69, 9.17) is 0 Å².